The Balaban J connectivity index is 2.37. The molecule has 1 aromatic rings. The van der Waals surface area contributed by atoms with E-state index in [1.807, 2.05) is 0 Å². The lowest BCUT2D eigenvalue weighted by atomic mass is 10.2. The molecular formula is C9H12N2O5. The largest absolute Gasteiger partial charge is 0.479 e. The van der Waals surface area contributed by atoms with Gasteiger partial charge in [-0.2, -0.15) is 0 Å². The number of rotatable bonds is 5. The van der Waals surface area contributed by atoms with Gasteiger partial charge in [0, 0.05) is 13.0 Å². The Labute approximate surface area is 91.1 Å². The van der Waals surface area contributed by atoms with Gasteiger partial charge in [0.15, 0.2) is 12.5 Å². The van der Waals surface area contributed by atoms with E-state index in [2.05, 4.69) is 10.3 Å². The van der Waals surface area contributed by atoms with Gasteiger partial charge in [0.25, 0.3) is 5.91 Å². The molecule has 88 valence electrons. The summed E-state index contributed by atoms with van der Waals surface area (Å²) < 4.78 is 4.83. The Morgan fingerprint density at radius 3 is 2.81 bits per heavy atom. The molecule has 0 radical (unpaired) electrons. The van der Waals surface area contributed by atoms with Gasteiger partial charge < -0.3 is 19.9 Å². The van der Waals surface area contributed by atoms with Crippen LogP contribution in [0.15, 0.2) is 10.8 Å². The summed E-state index contributed by atoms with van der Waals surface area (Å²) in [6.07, 6.45) is -0.388. The lowest BCUT2D eigenvalue weighted by molar-refractivity contribution is -0.146. The number of amides is 1. The van der Waals surface area contributed by atoms with Crippen molar-refractivity contribution >= 4 is 11.9 Å². The fraction of sp³-hybridized carbons (Fsp3) is 0.444. The van der Waals surface area contributed by atoms with Gasteiger partial charge in [-0.15, -0.1) is 0 Å². The molecule has 1 amide bonds. The van der Waals surface area contributed by atoms with E-state index in [1.54, 1.807) is 6.92 Å². The van der Waals surface area contributed by atoms with E-state index in [0.29, 0.717) is 5.69 Å². The van der Waals surface area contributed by atoms with E-state index in [9.17, 15) is 9.59 Å². The maximum absolute atomic E-state index is 11.4. The van der Waals surface area contributed by atoms with E-state index in [-0.39, 0.29) is 18.7 Å². The fourth-order valence-corrected chi connectivity index (χ4v) is 1.05. The van der Waals surface area contributed by atoms with Crippen molar-refractivity contribution < 1.29 is 24.2 Å². The number of hydrogen-bond acceptors (Lipinski definition) is 5. The second-order valence-electron chi connectivity index (χ2n) is 3.17. The van der Waals surface area contributed by atoms with Crippen LogP contribution in [0, 0.1) is 6.92 Å². The zero-order valence-electron chi connectivity index (χ0n) is 8.64. The van der Waals surface area contributed by atoms with Crippen LogP contribution in [-0.2, 0) is 4.79 Å². The number of carboxylic acid groups (broad SMARTS) is 1. The van der Waals surface area contributed by atoms with Crippen LogP contribution in [-0.4, -0.2) is 39.7 Å². The van der Waals surface area contributed by atoms with Crippen molar-refractivity contribution in [2.24, 2.45) is 0 Å². The van der Waals surface area contributed by atoms with Crippen LogP contribution in [0.5, 0.6) is 0 Å². The van der Waals surface area contributed by atoms with Gasteiger partial charge >= 0.3 is 5.97 Å². The predicted octanol–water partition coefficient (Wildman–Crippen LogP) is -0.452. The molecule has 7 heteroatoms. The molecule has 1 unspecified atom stereocenters. The number of hydrogen-bond donors (Lipinski definition) is 3. The average Bonchev–Trinajstić information content (AvgIpc) is 2.64. The van der Waals surface area contributed by atoms with Crippen LogP contribution in [0.4, 0.5) is 0 Å². The van der Waals surface area contributed by atoms with Crippen molar-refractivity contribution in [1.29, 1.82) is 0 Å². The summed E-state index contributed by atoms with van der Waals surface area (Å²) in [5.41, 5.74) is 0.455. The number of aliphatic carboxylic acids is 1. The number of oxazole rings is 1. The number of nitrogens with one attached hydrogen (secondary N) is 1. The minimum atomic E-state index is -1.48. The van der Waals surface area contributed by atoms with Crippen molar-refractivity contribution in [3.05, 3.63) is 17.8 Å². The van der Waals surface area contributed by atoms with E-state index in [1.165, 1.54) is 0 Å². The molecule has 0 fully saturated rings. The summed E-state index contributed by atoms with van der Waals surface area (Å²) >= 11 is 0. The first-order valence-electron chi connectivity index (χ1n) is 4.61. The van der Waals surface area contributed by atoms with Crippen molar-refractivity contribution in [1.82, 2.24) is 10.3 Å². The summed E-state index contributed by atoms with van der Waals surface area (Å²) in [6.45, 7) is 1.66. The molecule has 0 spiro atoms. The van der Waals surface area contributed by atoms with Crippen molar-refractivity contribution in [3.63, 3.8) is 0 Å². The van der Waals surface area contributed by atoms with E-state index in [4.69, 9.17) is 14.6 Å². The van der Waals surface area contributed by atoms with Gasteiger partial charge in [0.05, 0.1) is 5.69 Å². The van der Waals surface area contributed by atoms with Crippen LogP contribution < -0.4 is 5.32 Å². The topological polar surface area (TPSA) is 113 Å². The molecule has 0 aliphatic heterocycles. The first kappa shape index (κ1) is 12.2. The van der Waals surface area contributed by atoms with Crippen molar-refractivity contribution in [2.75, 3.05) is 6.54 Å². The Kier molecular flexibility index (Phi) is 4.01. The third-order valence-electron chi connectivity index (χ3n) is 1.94. The van der Waals surface area contributed by atoms with Gasteiger partial charge in [-0.25, -0.2) is 9.78 Å². The Hall–Kier alpha value is -1.89. The van der Waals surface area contributed by atoms with Gasteiger partial charge in [-0.1, -0.05) is 0 Å². The Bertz CT molecular complexity index is 387. The molecule has 0 aliphatic carbocycles. The summed E-state index contributed by atoms with van der Waals surface area (Å²) in [4.78, 5) is 25.4. The number of aliphatic hydroxyl groups excluding tert-OH is 1. The number of carbonyl (C=O) groups is 2. The third kappa shape index (κ3) is 3.06. The lowest BCUT2D eigenvalue weighted by Gasteiger charge is -2.05. The first-order valence-corrected chi connectivity index (χ1v) is 4.61. The quantitative estimate of drug-likeness (QED) is 0.629. The number of aromatic nitrogens is 1. The Morgan fingerprint density at radius 1 is 1.62 bits per heavy atom. The number of aliphatic hydroxyl groups is 1. The molecule has 1 rings (SSSR count). The number of carboxylic acids is 1. The molecule has 3 N–H and O–H groups in total. The van der Waals surface area contributed by atoms with Crippen molar-refractivity contribution in [3.8, 4) is 0 Å². The molecule has 0 aromatic carbocycles. The highest BCUT2D eigenvalue weighted by molar-refractivity contribution is 5.92. The average molecular weight is 228 g/mol. The minimum Gasteiger partial charge on any atom is -0.479 e. The van der Waals surface area contributed by atoms with Crippen LogP contribution in [0.1, 0.15) is 22.7 Å². The van der Waals surface area contributed by atoms with Gasteiger partial charge in [-0.05, 0) is 6.92 Å². The van der Waals surface area contributed by atoms with Gasteiger partial charge in [0.2, 0.25) is 5.76 Å². The lowest BCUT2D eigenvalue weighted by Crippen LogP contribution is -2.30. The molecular weight excluding hydrogens is 216 g/mol. The van der Waals surface area contributed by atoms with E-state index < -0.39 is 18.0 Å². The standard InChI is InChI=1S/C9H12N2O5/c1-5-7(16-4-11-5)8(13)10-3-2-6(12)9(14)15/h4,6,12H,2-3H2,1H3,(H,10,13)(H,14,15). The van der Waals surface area contributed by atoms with Crippen LogP contribution >= 0.6 is 0 Å². The van der Waals surface area contributed by atoms with Crippen LogP contribution in [0.2, 0.25) is 0 Å². The molecule has 1 aromatic heterocycles. The summed E-state index contributed by atoms with van der Waals surface area (Å²) in [7, 11) is 0. The molecule has 16 heavy (non-hydrogen) atoms. The monoisotopic (exact) mass is 228 g/mol. The molecule has 0 aliphatic rings. The smallest absolute Gasteiger partial charge is 0.332 e. The number of carbonyl (C=O) groups excluding carboxylic acids is 1. The normalized spacial score (nSPS) is 12.1. The predicted molar refractivity (Wildman–Crippen MR) is 51.8 cm³/mol. The number of nitrogens with zero attached hydrogens (tertiary/aromatic N) is 1. The Morgan fingerprint density at radius 2 is 2.31 bits per heavy atom. The maximum Gasteiger partial charge on any atom is 0.332 e. The fourth-order valence-electron chi connectivity index (χ4n) is 1.05. The molecule has 7 nitrogen and oxygen atoms in total. The van der Waals surface area contributed by atoms with Gasteiger partial charge in [0.1, 0.15) is 0 Å². The second-order valence-corrected chi connectivity index (χ2v) is 3.17. The molecule has 1 heterocycles. The van der Waals surface area contributed by atoms with Crippen LogP contribution in [0.25, 0.3) is 0 Å². The zero-order chi connectivity index (χ0) is 12.1. The highest BCUT2D eigenvalue weighted by Crippen LogP contribution is 2.04. The summed E-state index contributed by atoms with van der Waals surface area (Å²) in [5, 5.41) is 19.7. The first-order chi connectivity index (χ1) is 7.52. The van der Waals surface area contributed by atoms with Crippen molar-refractivity contribution in [2.45, 2.75) is 19.4 Å². The second kappa shape index (κ2) is 5.26. The zero-order valence-corrected chi connectivity index (χ0v) is 8.64. The molecule has 0 bridgehead atoms. The molecule has 0 saturated carbocycles. The van der Waals surface area contributed by atoms with E-state index >= 15 is 0 Å². The highest BCUT2D eigenvalue weighted by Gasteiger charge is 2.16. The highest BCUT2D eigenvalue weighted by atomic mass is 16.4. The number of aryl methyl sites for hydroxylation is 1. The third-order valence-corrected chi connectivity index (χ3v) is 1.94. The van der Waals surface area contributed by atoms with E-state index in [0.717, 1.165) is 6.39 Å². The SMILES string of the molecule is Cc1ncoc1C(=O)NCCC(O)C(=O)O. The molecule has 1 atom stereocenters. The summed E-state index contributed by atoms with van der Waals surface area (Å²) in [6, 6.07) is 0. The summed E-state index contributed by atoms with van der Waals surface area (Å²) in [5.74, 6) is -1.71. The molecule has 0 saturated heterocycles. The minimum absolute atomic E-state index is 0.0481. The van der Waals surface area contributed by atoms with Gasteiger partial charge in [-0.3, -0.25) is 4.79 Å². The maximum atomic E-state index is 11.4. The van der Waals surface area contributed by atoms with Crippen LogP contribution in [0.3, 0.4) is 0 Å².